The number of rotatable bonds is 7. The van der Waals surface area contributed by atoms with Gasteiger partial charge in [-0.2, -0.15) is 11.8 Å². The summed E-state index contributed by atoms with van der Waals surface area (Å²) in [6, 6.07) is 8.21. The fraction of sp³-hybridized carbons (Fsp3) is 0.500. The van der Waals surface area contributed by atoms with Crippen LogP contribution in [0.15, 0.2) is 24.3 Å². The van der Waals surface area contributed by atoms with E-state index in [1.807, 2.05) is 19.1 Å². The van der Waals surface area contributed by atoms with Gasteiger partial charge in [-0.05, 0) is 18.9 Å². The van der Waals surface area contributed by atoms with Gasteiger partial charge in [0.05, 0.1) is 5.75 Å². The summed E-state index contributed by atoms with van der Waals surface area (Å²) >= 11 is 1.58. The predicted octanol–water partition coefficient (Wildman–Crippen LogP) is 2.25. The number of thioether (sulfide) groups is 1. The molecule has 18 heavy (non-hydrogen) atoms. The Balaban J connectivity index is 2.29. The number of nitrogens with two attached hydrogens (primary N) is 1. The molecule has 1 aromatic rings. The van der Waals surface area contributed by atoms with Gasteiger partial charge in [0, 0.05) is 18.3 Å². The van der Waals surface area contributed by atoms with Crippen molar-refractivity contribution in [3.63, 3.8) is 0 Å². The Morgan fingerprint density at radius 1 is 1.50 bits per heavy atom. The van der Waals surface area contributed by atoms with Crippen LogP contribution in [0.4, 0.5) is 0 Å². The number of carbonyl (C=O) groups is 1. The van der Waals surface area contributed by atoms with Crippen molar-refractivity contribution in [1.82, 2.24) is 5.32 Å². The number of aryl methyl sites for hydroxylation is 1. The molecule has 0 fully saturated rings. The Hall–Kier alpha value is -1.00. The van der Waals surface area contributed by atoms with Crippen LogP contribution >= 0.6 is 11.8 Å². The molecular weight excluding hydrogens is 244 g/mol. The molecule has 100 valence electrons. The molecule has 0 saturated carbocycles. The van der Waals surface area contributed by atoms with E-state index < -0.39 is 0 Å². The van der Waals surface area contributed by atoms with Gasteiger partial charge in [-0.1, -0.05) is 36.8 Å². The molecular formula is C14H22N2OS. The maximum Gasteiger partial charge on any atom is 0.229 e. The Morgan fingerprint density at radius 3 is 2.94 bits per heavy atom. The molecule has 1 rings (SSSR count). The molecule has 0 bridgehead atoms. The Bertz CT molecular complexity index is 382. The highest BCUT2D eigenvalue weighted by Gasteiger charge is 2.07. The average Bonchev–Trinajstić information content (AvgIpc) is 2.36. The van der Waals surface area contributed by atoms with Crippen molar-refractivity contribution in [3.8, 4) is 0 Å². The zero-order valence-electron chi connectivity index (χ0n) is 11.1. The fourth-order valence-corrected chi connectivity index (χ4v) is 2.44. The van der Waals surface area contributed by atoms with E-state index in [0.29, 0.717) is 5.75 Å². The third-order valence-corrected chi connectivity index (χ3v) is 3.63. The third kappa shape index (κ3) is 5.56. The highest BCUT2D eigenvalue weighted by molar-refractivity contribution is 7.99. The lowest BCUT2D eigenvalue weighted by molar-refractivity contribution is -0.118. The highest BCUT2D eigenvalue weighted by Crippen LogP contribution is 2.16. The van der Waals surface area contributed by atoms with E-state index in [0.717, 1.165) is 24.3 Å². The van der Waals surface area contributed by atoms with Crippen LogP contribution in [0.2, 0.25) is 0 Å². The van der Waals surface area contributed by atoms with Crippen LogP contribution in [-0.2, 0) is 4.79 Å². The normalized spacial score (nSPS) is 12.2. The van der Waals surface area contributed by atoms with Gasteiger partial charge in [0.25, 0.3) is 0 Å². The second-order valence-electron chi connectivity index (χ2n) is 4.39. The van der Waals surface area contributed by atoms with E-state index in [-0.39, 0.29) is 11.9 Å². The van der Waals surface area contributed by atoms with E-state index in [1.165, 1.54) is 5.56 Å². The van der Waals surface area contributed by atoms with E-state index in [1.54, 1.807) is 11.8 Å². The summed E-state index contributed by atoms with van der Waals surface area (Å²) in [5.41, 5.74) is 8.45. The fourth-order valence-electron chi connectivity index (χ4n) is 1.59. The molecule has 0 radical (unpaired) electrons. The van der Waals surface area contributed by atoms with Crippen LogP contribution in [0.25, 0.3) is 0 Å². The van der Waals surface area contributed by atoms with Gasteiger partial charge in [0.2, 0.25) is 5.91 Å². The topological polar surface area (TPSA) is 55.1 Å². The van der Waals surface area contributed by atoms with Crippen LogP contribution in [0.5, 0.6) is 0 Å². The highest BCUT2D eigenvalue weighted by atomic mass is 32.2. The summed E-state index contributed by atoms with van der Waals surface area (Å²) in [4.78, 5) is 11.4. The molecule has 1 aromatic carbocycles. The van der Waals surface area contributed by atoms with Crippen molar-refractivity contribution >= 4 is 17.7 Å². The molecule has 0 heterocycles. The van der Waals surface area contributed by atoms with E-state index >= 15 is 0 Å². The van der Waals surface area contributed by atoms with Crippen molar-refractivity contribution in [2.75, 3.05) is 18.1 Å². The van der Waals surface area contributed by atoms with Crippen molar-refractivity contribution in [1.29, 1.82) is 0 Å². The van der Waals surface area contributed by atoms with Gasteiger partial charge in [0.1, 0.15) is 0 Å². The van der Waals surface area contributed by atoms with Gasteiger partial charge in [-0.15, -0.1) is 0 Å². The minimum atomic E-state index is -0.00567. The SMILES string of the molecule is CCCNC(=O)CSCC(N)c1cccc(C)c1. The lowest BCUT2D eigenvalue weighted by Crippen LogP contribution is -2.26. The number of hydrogen-bond acceptors (Lipinski definition) is 3. The van der Waals surface area contributed by atoms with Crippen molar-refractivity contribution in [2.24, 2.45) is 5.73 Å². The lowest BCUT2D eigenvalue weighted by atomic mass is 10.1. The standard InChI is InChI=1S/C14H22N2OS/c1-3-7-16-14(17)10-18-9-13(15)12-6-4-5-11(2)8-12/h4-6,8,13H,3,7,9-10,15H2,1-2H3,(H,16,17). The summed E-state index contributed by atoms with van der Waals surface area (Å²) in [6.45, 7) is 4.85. The van der Waals surface area contributed by atoms with Crippen molar-refractivity contribution in [2.45, 2.75) is 26.3 Å². The molecule has 0 aliphatic carbocycles. The lowest BCUT2D eigenvalue weighted by Gasteiger charge is -2.12. The van der Waals surface area contributed by atoms with Crippen LogP contribution in [0.3, 0.4) is 0 Å². The van der Waals surface area contributed by atoms with Gasteiger partial charge in [-0.3, -0.25) is 4.79 Å². The Morgan fingerprint density at radius 2 is 2.28 bits per heavy atom. The van der Waals surface area contributed by atoms with Gasteiger partial charge >= 0.3 is 0 Å². The molecule has 0 saturated heterocycles. The van der Waals surface area contributed by atoms with E-state index in [2.05, 4.69) is 24.4 Å². The maximum atomic E-state index is 11.4. The molecule has 4 heteroatoms. The number of amides is 1. The van der Waals surface area contributed by atoms with Crippen molar-refractivity contribution in [3.05, 3.63) is 35.4 Å². The summed E-state index contributed by atoms with van der Waals surface area (Å²) in [5, 5.41) is 2.85. The molecule has 3 nitrogen and oxygen atoms in total. The molecule has 3 N–H and O–H groups in total. The smallest absolute Gasteiger partial charge is 0.229 e. The number of hydrogen-bond donors (Lipinski definition) is 2. The van der Waals surface area contributed by atoms with Crippen LogP contribution in [-0.4, -0.2) is 24.0 Å². The Labute approximate surface area is 114 Å². The van der Waals surface area contributed by atoms with Crippen LogP contribution < -0.4 is 11.1 Å². The largest absolute Gasteiger partial charge is 0.355 e. The molecule has 1 amide bonds. The first-order valence-corrected chi connectivity index (χ1v) is 7.45. The molecule has 1 unspecified atom stereocenters. The second kappa shape index (κ2) is 8.16. The molecule has 0 spiro atoms. The van der Waals surface area contributed by atoms with Gasteiger partial charge in [0.15, 0.2) is 0 Å². The first-order chi connectivity index (χ1) is 8.63. The molecule has 1 atom stereocenters. The number of carbonyl (C=O) groups excluding carboxylic acids is 1. The molecule has 0 aliphatic heterocycles. The maximum absolute atomic E-state index is 11.4. The quantitative estimate of drug-likeness (QED) is 0.796. The van der Waals surface area contributed by atoms with Gasteiger partial charge in [-0.25, -0.2) is 0 Å². The Kier molecular flexibility index (Phi) is 6.83. The summed E-state index contributed by atoms with van der Waals surface area (Å²) in [7, 11) is 0. The van der Waals surface area contributed by atoms with Crippen LogP contribution in [0.1, 0.15) is 30.5 Å². The van der Waals surface area contributed by atoms with Crippen molar-refractivity contribution < 1.29 is 4.79 Å². The molecule has 0 aromatic heterocycles. The minimum Gasteiger partial charge on any atom is -0.355 e. The first kappa shape index (κ1) is 15.1. The number of benzene rings is 1. The monoisotopic (exact) mass is 266 g/mol. The minimum absolute atomic E-state index is 0.00567. The van der Waals surface area contributed by atoms with E-state index in [9.17, 15) is 4.79 Å². The van der Waals surface area contributed by atoms with E-state index in [4.69, 9.17) is 5.73 Å². The summed E-state index contributed by atoms with van der Waals surface area (Å²) in [6.07, 6.45) is 0.971. The molecule has 0 aliphatic rings. The zero-order chi connectivity index (χ0) is 13.4. The zero-order valence-corrected chi connectivity index (χ0v) is 11.9. The predicted molar refractivity (Wildman–Crippen MR) is 78.7 cm³/mol. The third-order valence-electron chi connectivity index (χ3n) is 2.57. The van der Waals surface area contributed by atoms with Crippen LogP contribution in [0, 0.1) is 6.92 Å². The average molecular weight is 266 g/mol. The second-order valence-corrected chi connectivity index (χ2v) is 5.42. The first-order valence-electron chi connectivity index (χ1n) is 6.30. The summed E-state index contributed by atoms with van der Waals surface area (Å²) in [5.74, 6) is 1.35. The van der Waals surface area contributed by atoms with Gasteiger partial charge < -0.3 is 11.1 Å². The number of nitrogens with one attached hydrogen (secondary N) is 1. The summed E-state index contributed by atoms with van der Waals surface area (Å²) < 4.78 is 0.